The van der Waals surface area contributed by atoms with Gasteiger partial charge in [-0.2, -0.15) is 0 Å². The zero-order chi connectivity index (χ0) is 18.4. The number of hydrogen-bond acceptors (Lipinski definition) is 7. The van der Waals surface area contributed by atoms with Crippen molar-refractivity contribution < 1.29 is 28.6 Å². The molecule has 1 aliphatic rings. The normalized spacial score (nSPS) is 12.1. The molecule has 1 aliphatic heterocycles. The summed E-state index contributed by atoms with van der Waals surface area (Å²) in [5.41, 5.74) is 1.29. The van der Waals surface area contributed by atoms with Crippen LogP contribution in [0.3, 0.4) is 0 Å². The van der Waals surface area contributed by atoms with E-state index in [9.17, 15) is 4.79 Å². The van der Waals surface area contributed by atoms with Gasteiger partial charge in [0, 0.05) is 23.4 Å². The highest BCUT2D eigenvalue weighted by atomic mass is 16.7. The zero-order valence-corrected chi connectivity index (χ0v) is 14.4. The molecule has 0 radical (unpaired) electrons. The van der Waals surface area contributed by atoms with Gasteiger partial charge in [-0.3, -0.25) is 4.79 Å². The third kappa shape index (κ3) is 4.15. The Balaban J connectivity index is 1.51. The molecule has 0 bridgehead atoms. The van der Waals surface area contributed by atoms with E-state index in [0.717, 1.165) is 0 Å². The minimum absolute atomic E-state index is 0.180. The fourth-order valence-electron chi connectivity index (χ4n) is 2.29. The van der Waals surface area contributed by atoms with Crippen LogP contribution in [0.4, 0.5) is 5.69 Å². The fourth-order valence-corrected chi connectivity index (χ4v) is 2.29. The van der Waals surface area contributed by atoms with Gasteiger partial charge in [0.2, 0.25) is 6.79 Å². The van der Waals surface area contributed by atoms with Crippen molar-refractivity contribution in [2.24, 2.45) is 5.16 Å². The molecule has 1 amide bonds. The number of methoxy groups -OCH3 is 2. The molecule has 0 saturated carbocycles. The van der Waals surface area contributed by atoms with Gasteiger partial charge in [-0.15, -0.1) is 0 Å². The summed E-state index contributed by atoms with van der Waals surface area (Å²) in [5, 5.41) is 6.49. The number of benzene rings is 2. The van der Waals surface area contributed by atoms with E-state index in [1.54, 1.807) is 50.6 Å². The molecule has 8 nitrogen and oxygen atoms in total. The Kier molecular flexibility index (Phi) is 5.43. The van der Waals surface area contributed by atoms with Crippen molar-refractivity contribution in [2.45, 2.75) is 0 Å². The molecule has 3 rings (SSSR count). The minimum atomic E-state index is -0.345. The van der Waals surface area contributed by atoms with E-state index >= 15 is 0 Å². The summed E-state index contributed by atoms with van der Waals surface area (Å²) in [6, 6.07) is 10.4. The average molecular weight is 358 g/mol. The molecule has 136 valence electrons. The number of carbonyl (C=O) groups is 1. The van der Waals surface area contributed by atoms with Crippen LogP contribution in [-0.2, 0) is 9.63 Å². The lowest BCUT2D eigenvalue weighted by Gasteiger charge is -2.07. The highest BCUT2D eigenvalue weighted by Gasteiger charge is 2.14. The van der Waals surface area contributed by atoms with E-state index in [0.29, 0.717) is 34.2 Å². The Labute approximate surface area is 150 Å². The molecule has 2 aromatic rings. The molecule has 0 aliphatic carbocycles. The number of nitrogens with zero attached hydrogens (tertiary/aromatic N) is 1. The molecule has 0 spiro atoms. The quantitative estimate of drug-likeness (QED) is 0.604. The van der Waals surface area contributed by atoms with E-state index in [-0.39, 0.29) is 19.3 Å². The average Bonchev–Trinajstić information content (AvgIpc) is 3.13. The van der Waals surface area contributed by atoms with Crippen LogP contribution < -0.4 is 24.3 Å². The topological polar surface area (TPSA) is 87.6 Å². The lowest BCUT2D eigenvalue weighted by molar-refractivity contribution is -0.120. The van der Waals surface area contributed by atoms with Gasteiger partial charge in [-0.1, -0.05) is 5.16 Å². The van der Waals surface area contributed by atoms with Crippen molar-refractivity contribution in [1.82, 2.24) is 0 Å². The lowest BCUT2D eigenvalue weighted by atomic mass is 10.2. The van der Waals surface area contributed by atoms with Crippen molar-refractivity contribution >= 4 is 17.8 Å². The smallest absolute Gasteiger partial charge is 0.265 e. The largest absolute Gasteiger partial charge is 0.497 e. The molecule has 8 heteroatoms. The predicted molar refractivity (Wildman–Crippen MR) is 94.3 cm³/mol. The number of anilines is 1. The molecule has 26 heavy (non-hydrogen) atoms. The molecule has 2 aromatic carbocycles. The molecule has 1 heterocycles. The first-order valence-electron chi connectivity index (χ1n) is 7.76. The summed E-state index contributed by atoms with van der Waals surface area (Å²) in [7, 11) is 3.12. The van der Waals surface area contributed by atoms with Gasteiger partial charge < -0.3 is 29.1 Å². The molecular formula is C18H18N2O6. The van der Waals surface area contributed by atoms with E-state index < -0.39 is 0 Å². The van der Waals surface area contributed by atoms with Crippen LogP contribution in [0.1, 0.15) is 5.56 Å². The number of amides is 1. The zero-order valence-electron chi connectivity index (χ0n) is 14.4. The van der Waals surface area contributed by atoms with E-state index in [2.05, 4.69) is 10.5 Å². The Hall–Kier alpha value is -3.42. The third-order valence-corrected chi connectivity index (χ3v) is 3.56. The SMILES string of the molecule is COc1ccc(/C=N/OCC(=O)Nc2ccc3c(c2)OCO3)c(OC)c1. The van der Waals surface area contributed by atoms with Gasteiger partial charge >= 0.3 is 0 Å². The van der Waals surface area contributed by atoms with Crippen molar-refractivity contribution in [3.8, 4) is 23.0 Å². The number of fused-ring (bicyclic) bond motifs is 1. The summed E-state index contributed by atoms with van der Waals surface area (Å²) < 4.78 is 20.9. The van der Waals surface area contributed by atoms with E-state index in [4.69, 9.17) is 23.8 Å². The Morgan fingerprint density at radius 3 is 2.81 bits per heavy atom. The van der Waals surface area contributed by atoms with Crippen LogP contribution in [-0.4, -0.2) is 39.7 Å². The summed E-state index contributed by atoms with van der Waals surface area (Å²) in [5.74, 6) is 2.15. The standard InChI is InChI=1S/C18H18N2O6/c1-22-14-5-3-12(16(8-14)23-2)9-19-26-10-18(21)20-13-4-6-15-17(7-13)25-11-24-15/h3-9H,10-11H2,1-2H3,(H,20,21)/b19-9+. The van der Waals surface area contributed by atoms with Crippen LogP contribution in [0.5, 0.6) is 23.0 Å². The number of oxime groups is 1. The maximum absolute atomic E-state index is 11.9. The van der Waals surface area contributed by atoms with Crippen LogP contribution >= 0.6 is 0 Å². The van der Waals surface area contributed by atoms with Gasteiger partial charge in [-0.25, -0.2) is 0 Å². The number of hydrogen-bond donors (Lipinski definition) is 1. The number of nitrogens with one attached hydrogen (secondary N) is 1. The second-order valence-corrected chi connectivity index (χ2v) is 5.23. The first-order valence-corrected chi connectivity index (χ1v) is 7.76. The second-order valence-electron chi connectivity index (χ2n) is 5.23. The van der Waals surface area contributed by atoms with Crippen LogP contribution in [0.15, 0.2) is 41.6 Å². The maximum atomic E-state index is 11.9. The van der Waals surface area contributed by atoms with Crippen LogP contribution in [0.2, 0.25) is 0 Å². The van der Waals surface area contributed by atoms with Crippen molar-refractivity contribution in [1.29, 1.82) is 0 Å². The predicted octanol–water partition coefficient (Wildman–Crippen LogP) is 2.42. The molecule has 0 fully saturated rings. The lowest BCUT2D eigenvalue weighted by Crippen LogP contribution is -2.16. The number of ether oxygens (including phenoxy) is 4. The molecular weight excluding hydrogens is 340 g/mol. The van der Waals surface area contributed by atoms with E-state index in [1.165, 1.54) is 6.21 Å². The Morgan fingerprint density at radius 1 is 1.15 bits per heavy atom. The number of rotatable bonds is 7. The molecule has 0 unspecified atom stereocenters. The monoisotopic (exact) mass is 358 g/mol. The Bertz CT molecular complexity index is 821. The summed E-state index contributed by atoms with van der Waals surface area (Å²) in [6.45, 7) is -0.0528. The van der Waals surface area contributed by atoms with Gasteiger partial charge in [-0.05, 0) is 24.3 Å². The first-order chi connectivity index (χ1) is 12.7. The summed E-state index contributed by atoms with van der Waals surface area (Å²) >= 11 is 0. The van der Waals surface area contributed by atoms with Crippen LogP contribution in [0, 0.1) is 0 Å². The van der Waals surface area contributed by atoms with E-state index in [1.807, 2.05) is 0 Å². The molecule has 0 atom stereocenters. The third-order valence-electron chi connectivity index (χ3n) is 3.56. The summed E-state index contributed by atoms with van der Waals surface area (Å²) in [6.07, 6.45) is 1.46. The van der Waals surface area contributed by atoms with Gasteiger partial charge in [0.25, 0.3) is 5.91 Å². The minimum Gasteiger partial charge on any atom is -0.497 e. The van der Waals surface area contributed by atoms with Crippen molar-refractivity contribution in [2.75, 3.05) is 32.9 Å². The molecule has 1 N–H and O–H groups in total. The van der Waals surface area contributed by atoms with Crippen molar-refractivity contribution in [3.05, 3.63) is 42.0 Å². The molecule has 0 aromatic heterocycles. The molecule has 0 saturated heterocycles. The summed E-state index contributed by atoms with van der Waals surface area (Å²) in [4.78, 5) is 16.9. The second kappa shape index (κ2) is 8.11. The number of carbonyl (C=O) groups excluding carboxylic acids is 1. The van der Waals surface area contributed by atoms with Gasteiger partial charge in [0.15, 0.2) is 18.1 Å². The maximum Gasteiger partial charge on any atom is 0.265 e. The highest BCUT2D eigenvalue weighted by Crippen LogP contribution is 2.34. The highest BCUT2D eigenvalue weighted by molar-refractivity contribution is 5.92. The van der Waals surface area contributed by atoms with Crippen molar-refractivity contribution in [3.63, 3.8) is 0 Å². The Morgan fingerprint density at radius 2 is 2.00 bits per heavy atom. The first kappa shape index (κ1) is 17.4. The van der Waals surface area contributed by atoms with Crippen LogP contribution in [0.25, 0.3) is 0 Å². The van der Waals surface area contributed by atoms with Gasteiger partial charge in [0.05, 0.1) is 20.4 Å². The van der Waals surface area contributed by atoms with Gasteiger partial charge in [0.1, 0.15) is 11.5 Å². The fraction of sp³-hybridized carbons (Fsp3) is 0.222.